The number of carboxylic acid groups (broad SMARTS) is 1. The number of hydrogen-bond donors (Lipinski definition) is 1. The first-order chi connectivity index (χ1) is 12.4. The van der Waals surface area contributed by atoms with Gasteiger partial charge in [-0.3, -0.25) is 9.59 Å². The Balaban J connectivity index is 1.88. The molecule has 3 rings (SSSR count). The highest BCUT2D eigenvalue weighted by atomic mass is 32.2. The van der Waals surface area contributed by atoms with Crippen molar-refractivity contribution in [3.8, 4) is 0 Å². The van der Waals surface area contributed by atoms with Gasteiger partial charge in [-0.15, -0.1) is 11.3 Å². The average molecular weight is 392 g/mol. The maximum Gasteiger partial charge on any atom is 0.340 e. The summed E-state index contributed by atoms with van der Waals surface area (Å²) in [7, 11) is 1.21. The molecule has 1 aliphatic heterocycles. The summed E-state index contributed by atoms with van der Waals surface area (Å²) in [6.45, 7) is 0. The molecule has 2 amide bonds. The number of pyridine rings is 1. The van der Waals surface area contributed by atoms with Crippen LogP contribution < -0.4 is 4.90 Å². The second kappa shape index (κ2) is 7.26. The lowest BCUT2D eigenvalue weighted by atomic mass is 10.3. The fourth-order valence-electron chi connectivity index (χ4n) is 2.43. The third-order valence-corrected chi connectivity index (χ3v) is 5.71. The largest absolute Gasteiger partial charge is 0.478 e. The van der Waals surface area contributed by atoms with Gasteiger partial charge in [0, 0.05) is 12.6 Å². The van der Waals surface area contributed by atoms with E-state index in [1.807, 2.05) is 0 Å². The number of imide groups is 1. The van der Waals surface area contributed by atoms with Crippen LogP contribution in [0.1, 0.15) is 27.1 Å². The van der Waals surface area contributed by atoms with E-state index in [-0.39, 0.29) is 27.6 Å². The molecule has 1 atom stereocenters. The number of aromatic nitrogens is 1. The number of rotatable bonds is 5. The standard InChI is InChI=1S/C16H12N2O6S2/c1-24-16(23)9-4-6-25-14(9)18-11(19)7-10(13(18)20)26-12-8(15(21)22)3-2-5-17-12/h2-6,10H,7H2,1H3,(H,21,22)/t10-/m0/s1. The van der Waals surface area contributed by atoms with Gasteiger partial charge in [0.1, 0.15) is 10.0 Å². The molecule has 0 bridgehead atoms. The molecule has 26 heavy (non-hydrogen) atoms. The number of thiophene rings is 1. The van der Waals surface area contributed by atoms with Crippen LogP contribution in [0.3, 0.4) is 0 Å². The number of carbonyl (C=O) groups is 4. The van der Waals surface area contributed by atoms with Gasteiger partial charge in [0.15, 0.2) is 0 Å². The Hall–Kier alpha value is -2.72. The van der Waals surface area contributed by atoms with Crippen LogP contribution in [0, 0.1) is 0 Å². The summed E-state index contributed by atoms with van der Waals surface area (Å²) < 4.78 is 4.67. The quantitative estimate of drug-likeness (QED) is 0.607. The molecule has 1 N–H and O–H groups in total. The summed E-state index contributed by atoms with van der Waals surface area (Å²) in [5.41, 5.74) is 0.0940. The van der Waals surface area contributed by atoms with Crippen molar-refractivity contribution >= 4 is 51.9 Å². The number of esters is 1. The van der Waals surface area contributed by atoms with Crippen molar-refractivity contribution in [1.82, 2.24) is 4.98 Å². The van der Waals surface area contributed by atoms with Crippen molar-refractivity contribution < 1.29 is 29.0 Å². The van der Waals surface area contributed by atoms with Gasteiger partial charge in [-0.1, -0.05) is 11.8 Å². The van der Waals surface area contributed by atoms with E-state index in [1.54, 1.807) is 5.38 Å². The molecule has 0 radical (unpaired) electrons. The molecule has 2 aromatic heterocycles. The Morgan fingerprint density at radius 1 is 1.35 bits per heavy atom. The van der Waals surface area contributed by atoms with Gasteiger partial charge in [0.25, 0.3) is 0 Å². The molecule has 134 valence electrons. The number of ether oxygens (including phenoxy) is 1. The van der Waals surface area contributed by atoms with Crippen molar-refractivity contribution in [1.29, 1.82) is 0 Å². The number of amides is 2. The number of carboxylic acids is 1. The van der Waals surface area contributed by atoms with Gasteiger partial charge in [-0.25, -0.2) is 19.5 Å². The van der Waals surface area contributed by atoms with Crippen LogP contribution in [-0.2, 0) is 14.3 Å². The van der Waals surface area contributed by atoms with Gasteiger partial charge in [0.2, 0.25) is 11.8 Å². The smallest absolute Gasteiger partial charge is 0.340 e. The van der Waals surface area contributed by atoms with Crippen molar-refractivity contribution in [3.63, 3.8) is 0 Å². The van der Waals surface area contributed by atoms with E-state index in [1.165, 1.54) is 31.5 Å². The van der Waals surface area contributed by atoms with Gasteiger partial charge >= 0.3 is 11.9 Å². The zero-order chi connectivity index (χ0) is 18.8. The van der Waals surface area contributed by atoms with Crippen LogP contribution in [0.5, 0.6) is 0 Å². The topological polar surface area (TPSA) is 114 Å². The third kappa shape index (κ3) is 3.20. The Kier molecular flexibility index (Phi) is 5.05. The molecule has 0 spiro atoms. The van der Waals surface area contributed by atoms with Gasteiger partial charge in [-0.05, 0) is 23.6 Å². The maximum atomic E-state index is 12.7. The minimum absolute atomic E-state index is 0.0393. The molecule has 1 saturated heterocycles. The van der Waals surface area contributed by atoms with Crippen molar-refractivity contribution in [2.24, 2.45) is 0 Å². The van der Waals surface area contributed by atoms with E-state index < -0.39 is 29.0 Å². The minimum atomic E-state index is -1.17. The predicted octanol–water partition coefficient (Wildman–Crippen LogP) is 2.05. The molecule has 1 fully saturated rings. The molecule has 0 saturated carbocycles. The van der Waals surface area contributed by atoms with Gasteiger partial charge in [0.05, 0.1) is 23.5 Å². The summed E-state index contributed by atoms with van der Waals surface area (Å²) in [6.07, 6.45) is 1.31. The molecule has 1 aliphatic rings. The maximum absolute atomic E-state index is 12.7. The molecule has 10 heteroatoms. The number of anilines is 1. The van der Waals surface area contributed by atoms with E-state index in [4.69, 9.17) is 0 Å². The fourth-order valence-corrected chi connectivity index (χ4v) is 4.45. The molecular formula is C16H12N2O6S2. The molecule has 8 nitrogen and oxygen atoms in total. The first-order valence-electron chi connectivity index (χ1n) is 7.31. The highest BCUT2D eigenvalue weighted by molar-refractivity contribution is 8.00. The SMILES string of the molecule is COC(=O)c1ccsc1N1C(=O)C[C@H](Sc2ncccc2C(=O)O)C1=O. The molecule has 3 heterocycles. The number of nitrogens with zero attached hydrogens (tertiary/aromatic N) is 2. The number of carbonyl (C=O) groups excluding carboxylic acids is 3. The van der Waals surface area contributed by atoms with Crippen molar-refractivity contribution in [2.45, 2.75) is 16.7 Å². The lowest BCUT2D eigenvalue weighted by molar-refractivity contribution is -0.121. The Morgan fingerprint density at radius 2 is 2.12 bits per heavy atom. The summed E-state index contributed by atoms with van der Waals surface area (Å²) in [5.74, 6) is -2.79. The van der Waals surface area contributed by atoms with Gasteiger partial charge < -0.3 is 9.84 Å². The second-order valence-corrected chi connectivity index (χ2v) is 7.26. The monoisotopic (exact) mass is 392 g/mol. The highest BCUT2D eigenvalue weighted by Crippen LogP contribution is 2.38. The van der Waals surface area contributed by atoms with Crippen LogP contribution in [-0.4, -0.2) is 46.2 Å². The lowest BCUT2D eigenvalue weighted by Gasteiger charge is -2.14. The zero-order valence-electron chi connectivity index (χ0n) is 13.4. The zero-order valence-corrected chi connectivity index (χ0v) is 15.0. The van der Waals surface area contributed by atoms with E-state index >= 15 is 0 Å². The summed E-state index contributed by atoms with van der Waals surface area (Å²) in [4.78, 5) is 53.1. The average Bonchev–Trinajstić information content (AvgIpc) is 3.19. The molecular weight excluding hydrogens is 380 g/mol. The summed E-state index contributed by atoms with van der Waals surface area (Å²) >= 11 is 2.00. The number of methoxy groups -OCH3 is 1. The van der Waals surface area contributed by atoms with E-state index in [2.05, 4.69) is 9.72 Å². The molecule has 0 unspecified atom stereocenters. The second-order valence-electron chi connectivity index (χ2n) is 5.17. The Bertz CT molecular complexity index is 910. The summed E-state index contributed by atoms with van der Waals surface area (Å²) in [6, 6.07) is 4.34. The normalized spacial score (nSPS) is 16.8. The number of aromatic carboxylic acids is 1. The minimum Gasteiger partial charge on any atom is -0.478 e. The number of thioether (sulfide) groups is 1. The van der Waals surface area contributed by atoms with Crippen LogP contribution in [0.15, 0.2) is 34.8 Å². The fraction of sp³-hybridized carbons (Fsp3) is 0.188. The van der Waals surface area contributed by atoms with Crippen LogP contribution in [0.2, 0.25) is 0 Å². The Morgan fingerprint density at radius 3 is 2.81 bits per heavy atom. The number of hydrogen-bond acceptors (Lipinski definition) is 8. The van der Waals surface area contributed by atoms with Crippen LogP contribution in [0.4, 0.5) is 5.00 Å². The first kappa shape index (κ1) is 18.1. The van der Waals surface area contributed by atoms with E-state index in [9.17, 15) is 24.3 Å². The molecule has 0 aliphatic carbocycles. The van der Waals surface area contributed by atoms with Crippen molar-refractivity contribution in [2.75, 3.05) is 12.0 Å². The molecule has 2 aromatic rings. The van der Waals surface area contributed by atoms with E-state index in [0.717, 1.165) is 28.0 Å². The van der Waals surface area contributed by atoms with Crippen LogP contribution in [0.25, 0.3) is 0 Å². The van der Waals surface area contributed by atoms with Gasteiger partial charge in [-0.2, -0.15) is 0 Å². The molecule has 0 aromatic carbocycles. The predicted molar refractivity (Wildman–Crippen MR) is 93.6 cm³/mol. The third-order valence-electron chi connectivity index (χ3n) is 3.61. The lowest BCUT2D eigenvalue weighted by Crippen LogP contribution is -2.31. The first-order valence-corrected chi connectivity index (χ1v) is 9.07. The van der Waals surface area contributed by atoms with Crippen molar-refractivity contribution in [3.05, 3.63) is 40.9 Å². The summed E-state index contributed by atoms with van der Waals surface area (Å²) in [5, 5.41) is 10.4. The van der Waals surface area contributed by atoms with Crippen LogP contribution >= 0.6 is 23.1 Å². The van der Waals surface area contributed by atoms with E-state index in [0.29, 0.717) is 0 Å². The highest BCUT2D eigenvalue weighted by Gasteiger charge is 2.43. The Labute approximate surface area is 155 Å².